The largest absolute Gasteiger partial charge is 0.768 e. The molecular weight excluding hydrogens is 470 g/mol. The van der Waals surface area contributed by atoms with Crippen molar-refractivity contribution in [1.82, 2.24) is 14.8 Å². The lowest BCUT2D eigenvalue weighted by atomic mass is 9.97. The van der Waals surface area contributed by atoms with Crippen LogP contribution in [0.3, 0.4) is 0 Å². The molecule has 0 bridgehead atoms. The molecule has 0 saturated heterocycles. The van der Waals surface area contributed by atoms with E-state index < -0.39 is 17.0 Å². The second-order valence-electron chi connectivity index (χ2n) is 8.06. The Kier molecular flexibility index (Phi) is 6.40. The highest BCUT2D eigenvalue weighted by Crippen LogP contribution is 2.45. The summed E-state index contributed by atoms with van der Waals surface area (Å²) in [4.78, 5) is 17.0. The van der Waals surface area contributed by atoms with Crippen molar-refractivity contribution in [3.8, 4) is 16.4 Å². The molecule has 1 unspecified atom stereocenters. The van der Waals surface area contributed by atoms with Gasteiger partial charge in [0.1, 0.15) is 0 Å². The predicted octanol–water partition coefficient (Wildman–Crippen LogP) is 4.88. The van der Waals surface area contributed by atoms with E-state index in [1.165, 1.54) is 11.3 Å². The van der Waals surface area contributed by atoms with E-state index in [0.717, 1.165) is 40.9 Å². The average Bonchev–Trinajstić information content (AvgIpc) is 3.44. The van der Waals surface area contributed by atoms with Crippen molar-refractivity contribution in [2.45, 2.75) is 37.0 Å². The minimum Gasteiger partial charge on any atom is -0.768 e. The van der Waals surface area contributed by atoms with E-state index in [2.05, 4.69) is 4.98 Å². The number of hydrogen-bond acceptors (Lipinski definition) is 7. The summed E-state index contributed by atoms with van der Waals surface area (Å²) < 4.78 is 29.5. The van der Waals surface area contributed by atoms with Gasteiger partial charge in [0, 0.05) is 33.7 Å². The monoisotopic (exact) mass is 492 g/mol. The lowest BCUT2D eigenvalue weighted by Gasteiger charge is -2.09. The first-order valence-electron chi connectivity index (χ1n) is 11.0. The highest BCUT2D eigenvalue weighted by atomic mass is 32.2. The number of thiazole rings is 1. The van der Waals surface area contributed by atoms with Crippen LogP contribution in [0.1, 0.15) is 53.0 Å². The van der Waals surface area contributed by atoms with Gasteiger partial charge in [-0.3, -0.25) is 4.21 Å². The number of hydrogen-bond donors (Lipinski definition) is 0. The van der Waals surface area contributed by atoms with Gasteiger partial charge in [0.05, 0.1) is 18.0 Å². The maximum Gasteiger partial charge on any atom is 0.357 e. The van der Waals surface area contributed by atoms with E-state index in [4.69, 9.17) is 9.84 Å². The van der Waals surface area contributed by atoms with Gasteiger partial charge >= 0.3 is 5.97 Å². The van der Waals surface area contributed by atoms with E-state index >= 15 is 0 Å². The van der Waals surface area contributed by atoms with Gasteiger partial charge in [-0.05, 0) is 48.5 Å². The number of benzene rings is 2. The number of ether oxygens (including phenoxy) is 1. The van der Waals surface area contributed by atoms with Crippen molar-refractivity contribution in [1.29, 1.82) is 0 Å². The summed E-state index contributed by atoms with van der Waals surface area (Å²) in [5, 5.41) is 7.32. The van der Waals surface area contributed by atoms with Crippen LogP contribution in [0.15, 0.2) is 64.9 Å². The fourth-order valence-corrected chi connectivity index (χ4v) is 5.08. The van der Waals surface area contributed by atoms with E-state index in [1.807, 2.05) is 47.1 Å². The molecule has 0 N–H and O–H groups in total. The fraction of sp³-hybridized carbons (Fsp3) is 0.240. The summed E-state index contributed by atoms with van der Waals surface area (Å²) >= 11 is -0.890. The average molecular weight is 493 g/mol. The van der Waals surface area contributed by atoms with Gasteiger partial charge in [0.2, 0.25) is 5.13 Å². The molecular formula is C25H22N3O4S2-. The van der Waals surface area contributed by atoms with Gasteiger partial charge in [-0.1, -0.05) is 42.5 Å². The van der Waals surface area contributed by atoms with E-state index in [9.17, 15) is 13.6 Å². The molecule has 1 fully saturated rings. The fourth-order valence-electron chi connectivity index (χ4n) is 3.97. The number of aromatic nitrogens is 3. The SMILES string of the molecule is CCOC(=O)c1csc(-n2nc(-c3ccccc3)c(Cc3ccc(S(=O)[O-])cc3)c2C2CC2)n1. The lowest BCUT2D eigenvalue weighted by molar-refractivity contribution is 0.0520. The molecule has 7 nitrogen and oxygen atoms in total. The van der Waals surface area contributed by atoms with Gasteiger partial charge in [0.15, 0.2) is 5.69 Å². The minimum atomic E-state index is -2.25. The summed E-state index contributed by atoms with van der Waals surface area (Å²) in [6.07, 6.45) is 2.74. The molecule has 0 aliphatic heterocycles. The van der Waals surface area contributed by atoms with Gasteiger partial charge in [-0.2, -0.15) is 5.10 Å². The van der Waals surface area contributed by atoms with Crippen LogP contribution >= 0.6 is 11.3 Å². The number of esters is 1. The Morgan fingerprint density at radius 2 is 1.91 bits per heavy atom. The molecule has 1 aliphatic carbocycles. The molecule has 2 aromatic carbocycles. The molecule has 0 spiro atoms. The highest BCUT2D eigenvalue weighted by molar-refractivity contribution is 7.79. The molecule has 5 rings (SSSR count). The van der Waals surface area contributed by atoms with Gasteiger partial charge in [-0.15, -0.1) is 11.3 Å². The standard InChI is InChI=1S/C25H23N3O4S2/c1-2-32-24(29)21-15-33-25(26-21)28-23(18-10-11-18)20(22(27-28)17-6-4-3-5-7-17)14-16-8-12-19(13-9-16)34(30)31/h3-9,12-13,15,18H,2,10-11,14H2,1H3,(H,30,31)/p-1. The number of carbonyl (C=O) groups is 1. The second kappa shape index (κ2) is 9.61. The Labute approximate surface area is 203 Å². The zero-order valence-corrected chi connectivity index (χ0v) is 20.1. The third kappa shape index (κ3) is 4.59. The normalized spacial score (nSPS) is 14.2. The van der Waals surface area contributed by atoms with Crippen molar-refractivity contribution >= 4 is 28.4 Å². The maximum atomic E-state index is 12.2. The molecule has 2 heterocycles. The Hall–Kier alpha value is -3.14. The summed E-state index contributed by atoms with van der Waals surface area (Å²) in [6.45, 7) is 2.06. The predicted molar refractivity (Wildman–Crippen MR) is 129 cm³/mol. The van der Waals surface area contributed by atoms with Crippen molar-refractivity contribution in [3.63, 3.8) is 0 Å². The molecule has 1 saturated carbocycles. The highest BCUT2D eigenvalue weighted by Gasteiger charge is 2.34. The molecule has 1 aliphatic rings. The van der Waals surface area contributed by atoms with Gasteiger partial charge in [0.25, 0.3) is 0 Å². The summed E-state index contributed by atoms with van der Waals surface area (Å²) in [7, 11) is 0. The Morgan fingerprint density at radius 3 is 2.56 bits per heavy atom. The van der Waals surface area contributed by atoms with Crippen molar-refractivity contribution in [2.75, 3.05) is 6.61 Å². The lowest BCUT2D eigenvalue weighted by Crippen LogP contribution is -2.07. The van der Waals surface area contributed by atoms with E-state index in [1.54, 1.807) is 24.4 Å². The summed E-state index contributed by atoms with van der Waals surface area (Å²) in [6, 6.07) is 16.9. The smallest absolute Gasteiger partial charge is 0.357 e. The molecule has 9 heteroatoms. The third-order valence-electron chi connectivity index (χ3n) is 5.69. The molecule has 34 heavy (non-hydrogen) atoms. The van der Waals surface area contributed by atoms with Crippen LogP contribution in [0.25, 0.3) is 16.4 Å². The van der Waals surface area contributed by atoms with Gasteiger partial charge in [-0.25, -0.2) is 14.5 Å². The first kappa shape index (κ1) is 22.6. The zero-order chi connectivity index (χ0) is 23.7. The Morgan fingerprint density at radius 1 is 1.18 bits per heavy atom. The van der Waals surface area contributed by atoms with Gasteiger partial charge < -0.3 is 9.29 Å². The van der Waals surface area contributed by atoms with Crippen LogP contribution in [0.4, 0.5) is 0 Å². The first-order valence-corrected chi connectivity index (χ1v) is 13.0. The quantitative estimate of drug-likeness (QED) is 0.257. The topological polar surface area (TPSA) is 97.1 Å². The molecule has 2 aromatic heterocycles. The van der Waals surface area contributed by atoms with Crippen molar-refractivity contribution in [3.05, 3.63) is 82.5 Å². The number of rotatable bonds is 8. The van der Waals surface area contributed by atoms with Crippen LogP contribution in [0, 0.1) is 0 Å². The second-order valence-corrected chi connectivity index (χ2v) is 9.83. The summed E-state index contributed by atoms with van der Waals surface area (Å²) in [5.74, 6) is -0.0761. The molecule has 1 atom stereocenters. The first-order chi connectivity index (χ1) is 16.5. The van der Waals surface area contributed by atoms with Crippen LogP contribution in [0.5, 0.6) is 0 Å². The molecule has 0 amide bonds. The zero-order valence-electron chi connectivity index (χ0n) is 18.5. The van der Waals surface area contributed by atoms with Crippen molar-refractivity contribution in [2.24, 2.45) is 0 Å². The maximum absolute atomic E-state index is 12.2. The number of nitrogens with zero attached hydrogens (tertiary/aromatic N) is 3. The van der Waals surface area contributed by atoms with Crippen LogP contribution in [0.2, 0.25) is 0 Å². The minimum absolute atomic E-state index is 0.263. The number of carbonyl (C=O) groups excluding carboxylic acids is 1. The Bertz CT molecular complexity index is 1340. The third-order valence-corrected chi connectivity index (χ3v) is 7.16. The summed E-state index contributed by atoms with van der Waals surface area (Å²) in [5.41, 5.74) is 5.34. The van der Waals surface area contributed by atoms with E-state index in [0.29, 0.717) is 24.1 Å². The Balaban J connectivity index is 1.61. The van der Waals surface area contributed by atoms with Crippen molar-refractivity contribution < 1.29 is 18.3 Å². The molecule has 174 valence electrons. The van der Waals surface area contributed by atoms with Crippen LogP contribution in [-0.4, -0.2) is 36.1 Å². The van der Waals surface area contributed by atoms with E-state index in [-0.39, 0.29) is 10.6 Å². The molecule has 0 radical (unpaired) electrons. The molecule has 4 aromatic rings. The van der Waals surface area contributed by atoms with Crippen LogP contribution < -0.4 is 0 Å². The van der Waals surface area contributed by atoms with Crippen LogP contribution in [-0.2, 0) is 22.2 Å².